The van der Waals surface area contributed by atoms with Crippen LogP contribution in [0.1, 0.15) is 17.3 Å². The molecular formula is C12H19N3OS. The second kappa shape index (κ2) is 6.39. The summed E-state index contributed by atoms with van der Waals surface area (Å²) >= 11 is 1.77. The number of hydrogen-bond acceptors (Lipinski definition) is 4. The number of nitrogens with one attached hydrogen (secondary N) is 1. The van der Waals surface area contributed by atoms with E-state index in [1.165, 1.54) is 0 Å². The number of carbonyl (C=O) groups is 1. The molecule has 94 valence electrons. The number of nitrogen functional groups attached to an aromatic ring is 2. The number of hydrogen-bond donors (Lipinski definition) is 3. The van der Waals surface area contributed by atoms with Crippen molar-refractivity contribution in [2.45, 2.75) is 6.92 Å². The lowest BCUT2D eigenvalue weighted by Crippen LogP contribution is -2.29. The third-order valence-corrected chi connectivity index (χ3v) is 3.20. The summed E-state index contributed by atoms with van der Waals surface area (Å²) in [5, 5.41) is 2.87. The second-order valence-corrected chi connectivity index (χ2v) is 5.07. The Balaban J connectivity index is 2.58. The average molecular weight is 253 g/mol. The number of benzene rings is 1. The van der Waals surface area contributed by atoms with Crippen LogP contribution in [-0.2, 0) is 0 Å². The molecule has 5 N–H and O–H groups in total. The van der Waals surface area contributed by atoms with Gasteiger partial charge in [-0.15, -0.1) is 0 Å². The Kier molecular flexibility index (Phi) is 5.15. The Morgan fingerprint density at radius 2 is 1.94 bits per heavy atom. The molecule has 4 nitrogen and oxygen atoms in total. The topological polar surface area (TPSA) is 81.1 Å². The normalized spacial score (nSPS) is 12.1. The van der Waals surface area contributed by atoms with Crippen molar-refractivity contribution in [3.8, 4) is 0 Å². The number of carbonyl (C=O) groups excluding carboxylic acids is 1. The predicted molar refractivity (Wildman–Crippen MR) is 75.1 cm³/mol. The first-order chi connectivity index (χ1) is 8.02. The predicted octanol–water partition coefficient (Wildman–Crippen LogP) is 1.58. The zero-order valence-electron chi connectivity index (χ0n) is 10.2. The molecule has 0 aliphatic rings. The van der Waals surface area contributed by atoms with Crippen LogP contribution in [-0.4, -0.2) is 24.5 Å². The molecule has 1 aromatic rings. The summed E-state index contributed by atoms with van der Waals surface area (Å²) in [5.74, 6) is 1.35. The highest BCUT2D eigenvalue weighted by Crippen LogP contribution is 2.13. The van der Waals surface area contributed by atoms with E-state index in [-0.39, 0.29) is 5.91 Å². The highest BCUT2D eigenvalue weighted by molar-refractivity contribution is 7.98. The van der Waals surface area contributed by atoms with Crippen molar-refractivity contribution in [3.63, 3.8) is 0 Å². The lowest BCUT2D eigenvalue weighted by Gasteiger charge is -2.11. The third kappa shape index (κ3) is 4.56. The summed E-state index contributed by atoms with van der Waals surface area (Å²) in [6, 6.07) is 4.89. The minimum absolute atomic E-state index is 0.128. The minimum atomic E-state index is -0.128. The molecule has 0 bridgehead atoms. The van der Waals surface area contributed by atoms with E-state index in [2.05, 4.69) is 18.5 Å². The van der Waals surface area contributed by atoms with Crippen molar-refractivity contribution < 1.29 is 4.79 Å². The van der Waals surface area contributed by atoms with Crippen LogP contribution < -0.4 is 16.8 Å². The summed E-state index contributed by atoms with van der Waals surface area (Å²) in [4.78, 5) is 11.8. The van der Waals surface area contributed by atoms with Gasteiger partial charge in [-0.3, -0.25) is 4.79 Å². The molecule has 1 rings (SSSR count). The highest BCUT2D eigenvalue weighted by Gasteiger charge is 2.08. The van der Waals surface area contributed by atoms with Crippen LogP contribution in [0.4, 0.5) is 11.4 Å². The van der Waals surface area contributed by atoms with Gasteiger partial charge >= 0.3 is 0 Å². The van der Waals surface area contributed by atoms with Gasteiger partial charge in [-0.1, -0.05) is 6.92 Å². The van der Waals surface area contributed by atoms with Gasteiger partial charge in [0.1, 0.15) is 0 Å². The third-order valence-electron chi connectivity index (χ3n) is 2.30. The van der Waals surface area contributed by atoms with E-state index in [4.69, 9.17) is 11.5 Å². The van der Waals surface area contributed by atoms with Gasteiger partial charge in [0.05, 0.1) is 0 Å². The van der Waals surface area contributed by atoms with E-state index in [0.717, 1.165) is 5.75 Å². The fourth-order valence-electron chi connectivity index (χ4n) is 1.52. The zero-order valence-corrected chi connectivity index (χ0v) is 11.0. The largest absolute Gasteiger partial charge is 0.399 e. The van der Waals surface area contributed by atoms with Crippen molar-refractivity contribution in [3.05, 3.63) is 23.8 Å². The highest BCUT2D eigenvalue weighted by atomic mass is 32.2. The van der Waals surface area contributed by atoms with Gasteiger partial charge < -0.3 is 16.8 Å². The van der Waals surface area contributed by atoms with Crippen LogP contribution >= 0.6 is 11.8 Å². The van der Waals surface area contributed by atoms with Gasteiger partial charge in [0.2, 0.25) is 0 Å². The monoisotopic (exact) mass is 253 g/mol. The van der Waals surface area contributed by atoms with E-state index in [9.17, 15) is 4.79 Å². The van der Waals surface area contributed by atoms with Crippen LogP contribution in [0.15, 0.2) is 18.2 Å². The second-order valence-electron chi connectivity index (χ2n) is 4.16. The summed E-state index contributed by atoms with van der Waals surface area (Å²) < 4.78 is 0. The number of amides is 1. The van der Waals surface area contributed by atoms with E-state index < -0.39 is 0 Å². The molecule has 17 heavy (non-hydrogen) atoms. The van der Waals surface area contributed by atoms with Gasteiger partial charge in [-0.25, -0.2) is 0 Å². The van der Waals surface area contributed by atoms with Gasteiger partial charge in [-0.05, 0) is 36.1 Å². The summed E-state index contributed by atoms with van der Waals surface area (Å²) in [6.07, 6.45) is 2.05. The van der Waals surface area contributed by atoms with Crippen LogP contribution in [0.3, 0.4) is 0 Å². The molecule has 0 aliphatic carbocycles. The molecule has 0 spiro atoms. The Morgan fingerprint density at radius 3 is 2.47 bits per heavy atom. The van der Waals surface area contributed by atoms with Crippen LogP contribution in [0.5, 0.6) is 0 Å². The molecule has 0 heterocycles. The van der Waals surface area contributed by atoms with E-state index in [0.29, 0.717) is 29.4 Å². The minimum Gasteiger partial charge on any atom is -0.399 e. The maximum Gasteiger partial charge on any atom is 0.251 e. The lowest BCUT2D eigenvalue weighted by molar-refractivity contribution is 0.0949. The van der Waals surface area contributed by atoms with Crippen LogP contribution in [0, 0.1) is 5.92 Å². The number of rotatable bonds is 5. The van der Waals surface area contributed by atoms with Crippen molar-refractivity contribution in [1.82, 2.24) is 5.32 Å². The molecule has 0 saturated carbocycles. The first-order valence-corrected chi connectivity index (χ1v) is 6.85. The van der Waals surface area contributed by atoms with E-state index in [1.807, 2.05) is 0 Å². The zero-order chi connectivity index (χ0) is 12.8. The smallest absolute Gasteiger partial charge is 0.251 e. The summed E-state index contributed by atoms with van der Waals surface area (Å²) in [6.45, 7) is 2.76. The van der Waals surface area contributed by atoms with Gasteiger partial charge in [0.25, 0.3) is 5.91 Å². The standard InChI is InChI=1S/C12H19N3OS/c1-8(7-17-2)6-15-12(16)9-3-10(13)5-11(14)4-9/h3-5,8H,6-7,13-14H2,1-2H3,(H,15,16). The first kappa shape index (κ1) is 13.7. The fourth-order valence-corrected chi connectivity index (χ4v) is 2.21. The van der Waals surface area contributed by atoms with E-state index in [1.54, 1.807) is 30.0 Å². The van der Waals surface area contributed by atoms with Crippen molar-refractivity contribution >= 4 is 29.0 Å². The van der Waals surface area contributed by atoms with Gasteiger partial charge in [0, 0.05) is 23.5 Å². The molecule has 1 amide bonds. The number of nitrogens with two attached hydrogens (primary N) is 2. The Hall–Kier alpha value is -1.36. The first-order valence-electron chi connectivity index (χ1n) is 5.46. The SMILES string of the molecule is CSCC(C)CNC(=O)c1cc(N)cc(N)c1. The molecular weight excluding hydrogens is 234 g/mol. The fraction of sp³-hybridized carbons (Fsp3) is 0.417. The van der Waals surface area contributed by atoms with Gasteiger partial charge in [-0.2, -0.15) is 11.8 Å². The van der Waals surface area contributed by atoms with Gasteiger partial charge in [0.15, 0.2) is 0 Å². The van der Waals surface area contributed by atoms with Crippen molar-refractivity contribution in [2.24, 2.45) is 5.92 Å². The maximum atomic E-state index is 11.8. The Morgan fingerprint density at radius 1 is 1.35 bits per heavy atom. The van der Waals surface area contributed by atoms with E-state index >= 15 is 0 Å². The molecule has 5 heteroatoms. The quantitative estimate of drug-likeness (QED) is 0.696. The Labute approximate surface area is 106 Å². The Bertz CT molecular complexity index is 375. The number of anilines is 2. The summed E-state index contributed by atoms with van der Waals surface area (Å²) in [7, 11) is 0. The van der Waals surface area contributed by atoms with Crippen molar-refractivity contribution in [2.75, 3.05) is 30.0 Å². The average Bonchev–Trinajstić information content (AvgIpc) is 2.25. The summed E-state index contributed by atoms with van der Waals surface area (Å²) in [5.41, 5.74) is 12.8. The van der Waals surface area contributed by atoms with Crippen LogP contribution in [0.2, 0.25) is 0 Å². The lowest BCUT2D eigenvalue weighted by atomic mass is 10.1. The molecule has 0 aromatic heterocycles. The molecule has 1 atom stereocenters. The molecule has 1 aromatic carbocycles. The maximum absolute atomic E-state index is 11.8. The number of thioether (sulfide) groups is 1. The van der Waals surface area contributed by atoms with Crippen LogP contribution in [0.25, 0.3) is 0 Å². The molecule has 0 aliphatic heterocycles. The molecule has 0 radical (unpaired) electrons. The molecule has 1 unspecified atom stereocenters. The molecule has 0 fully saturated rings. The van der Waals surface area contributed by atoms with Crippen molar-refractivity contribution in [1.29, 1.82) is 0 Å². The molecule has 0 saturated heterocycles.